The largest absolute Gasteiger partial charge is 0.493 e. The average molecular weight is 291 g/mol. The Bertz CT molecular complexity index is 427. The highest BCUT2D eigenvalue weighted by molar-refractivity contribution is 5.42. The molecule has 1 aliphatic carbocycles. The lowest BCUT2D eigenvalue weighted by atomic mass is 9.84. The number of benzene rings is 1. The summed E-state index contributed by atoms with van der Waals surface area (Å²) >= 11 is 0. The van der Waals surface area contributed by atoms with E-state index in [9.17, 15) is 0 Å². The predicted molar refractivity (Wildman–Crippen MR) is 87.0 cm³/mol. The summed E-state index contributed by atoms with van der Waals surface area (Å²) in [5.41, 5.74) is 1.25. The van der Waals surface area contributed by atoms with Gasteiger partial charge in [0, 0.05) is 12.6 Å². The minimum absolute atomic E-state index is 0.586. The number of hydrogen-bond acceptors (Lipinski definition) is 3. The van der Waals surface area contributed by atoms with Crippen LogP contribution in [-0.2, 0) is 6.54 Å². The van der Waals surface area contributed by atoms with E-state index in [1.165, 1.54) is 37.7 Å². The van der Waals surface area contributed by atoms with Crippen LogP contribution in [0.3, 0.4) is 0 Å². The molecule has 0 unspecified atom stereocenters. The summed E-state index contributed by atoms with van der Waals surface area (Å²) in [6.45, 7) is 5.86. The van der Waals surface area contributed by atoms with Crippen molar-refractivity contribution in [3.63, 3.8) is 0 Å². The van der Waals surface area contributed by atoms with E-state index in [4.69, 9.17) is 9.47 Å². The van der Waals surface area contributed by atoms with Crippen LogP contribution in [0.25, 0.3) is 0 Å². The standard InChI is InChI=1S/C18H29NO2/c1-4-21-17-11-10-15(12-18(17)20-3)13-19-14(2)16-8-6-5-7-9-16/h10-12,14,16,19H,4-9,13H2,1-3H3/t14-/m0/s1. The molecule has 1 fully saturated rings. The third-order valence-corrected chi connectivity index (χ3v) is 4.51. The van der Waals surface area contributed by atoms with E-state index in [2.05, 4.69) is 24.4 Å². The molecule has 1 atom stereocenters. The Morgan fingerprint density at radius 3 is 2.62 bits per heavy atom. The van der Waals surface area contributed by atoms with Gasteiger partial charge in [0.2, 0.25) is 0 Å². The Kier molecular flexibility index (Phi) is 6.37. The second-order valence-electron chi connectivity index (χ2n) is 5.99. The summed E-state index contributed by atoms with van der Waals surface area (Å²) < 4.78 is 11.0. The molecule has 0 saturated heterocycles. The lowest BCUT2D eigenvalue weighted by Crippen LogP contribution is -2.34. The monoisotopic (exact) mass is 291 g/mol. The van der Waals surface area contributed by atoms with E-state index >= 15 is 0 Å². The number of methoxy groups -OCH3 is 1. The summed E-state index contributed by atoms with van der Waals surface area (Å²) in [6, 6.07) is 6.78. The van der Waals surface area contributed by atoms with Crippen LogP contribution in [-0.4, -0.2) is 19.8 Å². The first kappa shape index (κ1) is 16.2. The first-order chi connectivity index (χ1) is 10.2. The summed E-state index contributed by atoms with van der Waals surface area (Å²) in [5.74, 6) is 2.48. The fourth-order valence-electron chi connectivity index (χ4n) is 3.18. The third kappa shape index (κ3) is 4.63. The minimum atomic E-state index is 0.586. The smallest absolute Gasteiger partial charge is 0.161 e. The van der Waals surface area contributed by atoms with Gasteiger partial charge in [-0.2, -0.15) is 0 Å². The summed E-state index contributed by atoms with van der Waals surface area (Å²) in [6.07, 6.45) is 6.96. The van der Waals surface area contributed by atoms with Crippen molar-refractivity contribution in [1.82, 2.24) is 5.32 Å². The first-order valence-corrected chi connectivity index (χ1v) is 8.27. The highest BCUT2D eigenvalue weighted by Crippen LogP contribution is 2.29. The predicted octanol–water partition coefficient (Wildman–Crippen LogP) is 4.15. The Hall–Kier alpha value is -1.22. The van der Waals surface area contributed by atoms with Crippen LogP contribution in [0.1, 0.15) is 51.5 Å². The summed E-state index contributed by atoms with van der Waals surface area (Å²) in [4.78, 5) is 0. The molecule has 0 spiro atoms. The fourth-order valence-corrected chi connectivity index (χ4v) is 3.18. The van der Waals surface area contributed by atoms with E-state index in [1.807, 2.05) is 13.0 Å². The van der Waals surface area contributed by atoms with E-state index in [-0.39, 0.29) is 0 Å². The van der Waals surface area contributed by atoms with Crippen molar-refractivity contribution in [1.29, 1.82) is 0 Å². The van der Waals surface area contributed by atoms with E-state index in [1.54, 1.807) is 7.11 Å². The lowest BCUT2D eigenvalue weighted by molar-refractivity contribution is 0.280. The molecular weight excluding hydrogens is 262 g/mol. The van der Waals surface area contributed by atoms with Gasteiger partial charge in [0.05, 0.1) is 13.7 Å². The Morgan fingerprint density at radius 2 is 1.95 bits per heavy atom. The zero-order valence-corrected chi connectivity index (χ0v) is 13.7. The molecule has 21 heavy (non-hydrogen) atoms. The van der Waals surface area contributed by atoms with Crippen molar-refractivity contribution < 1.29 is 9.47 Å². The molecule has 1 aliphatic rings. The van der Waals surface area contributed by atoms with Crippen molar-refractivity contribution in [2.45, 2.75) is 58.5 Å². The van der Waals surface area contributed by atoms with E-state index in [0.29, 0.717) is 12.6 Å². The second kappa shape index (κ2) is 8.28. The molecule has 3 heteroatoms. The van der Waals surface area contributed by atoms with Gasteiger partial charge in [0.1, 0.15) is 0 Å². The van der Waals surface area contributed by atoms with Crippen LogP contribution in [0.4, 0.5) is 0 Å². The van der Waals surface area contributed by atoms with Crippen LogP contribution < -0.4 is 14.8 Å². The molecule has 2 rings (SSSR count). The van der Waals surface area contributed by atoms with E-state index < -0.39 is 0 Å². The number of rotatable bonds is 7. The zero-order chi connectivity index (χ0) is 15.1. The van der Waals surface area contributed by atoms with Crippen molar-refractivity contribution in [3.8, 4) is 11.5 Å². The van der Waals surface area contributed by atoms with Gasteiger partial charge in [-0.15, -0.1) is 0 Å². The van der Waals surface area contributed by atoms with Gasteiger partial charge in [0.25, 0.3) is 0 Å². The first-order valence-electron chi connectivity index (χ1n) is 8.27. The van der Waals surface area contributed by atoms with Crippen LogP contribution in [0, 0.1) is 5.92 Å². The van der Waals surface area contributed by atoms with Gasteiger partial charge in [-0.25, -0.2) is 0 Å². The molecule has 0 aliphatic heterocycles. The maximum atomic E-state index is 5.56. The van der Waals surface area contributed by atoms with Crippen molar-refractivity contribution in [2.75, 3.05) is 13.7 Å². The highest BCUT2D eigenvalue weighted by Gasteiger charge is 2.19. The Balaban J connectivity index is 1.90. The highest BCUT2D eigenvalue weighted by atomic mass is 16.5. The lowest BCUT2D eigenvalue weighted by Gasteiger charge is -2.28. The number of hydrogen-bond donors (Lipinski definition) is 1. The molecule has 1 aromatic rings. The summed E-state index contributed by atoms with van der Waals surface area (Å²) in [7, 11) is 1.69. The van der Waals surface area contributed by atoms with Crippen LogP contribution in [0.15, 0.2) is 18.2 Å². The van der Waals surface area contributed by atoms with Gasteiger partial charge in [-0.3, -0.25) is 0 Å². The van der Waals surface area contributed by atoms with E-state index in [0.717, 1.165) is 24.0 Å². The fraction of sp³-hybridized carbons (Fsp3) is 0.667. The molecule has 1 saturated carbocycles. The van der Waals surface area contributed by atoms with Gasteiger partial charge in [-0.1, -0.05) is 25.3 Å². The van der Waals surface area contributed by atoms with Gasteiger partial charge in [-0.05, 0) is 50.3 Å². The Morgan fingerprint density at radius 1 is 1.19 bits per heavy atom. The molecule has 1 N–H and O–H groups in total. The maximum Gasteiger partial charge on any atom is 0.161 e. The van der Waals surface area contributed by atoms with Crippen LogP contribution >= 0.6 is 0 Å². The molecule has 0 bridgehead atoms. The second-order valence-corrected chi connectivity index (χ2v) is 5.99. The molecule has 0 amide bonds. The third-order valence-electron chi connectivity index (χ3n) is 4.51. The molecule has 3 nitrogen and oxygen atoms in total. The molecule has 0 aromatic heterocycles. The molecule has 0 radical (unpaired) electrons. The van der Waals surface area contributed by atoms with Crippen molar-refractivity contribution in [3.05, 3.63) is 23.8 Å². The SMILES string of the molecule is CCOc1ccc(CN[C@@H](C)C2CCCCC2)cc1OC. The van der Waals surface area contributed by atoms with Gasteiger partial charge < -0.3 is 14.8 Å². The quantitative estimate of drug-likeness (QED) is 0.818. The zero-order valence-electron chi connectivity index (χ0n) is 13.7. The van der Waals surface area contributed by atoms with Gasteiger partial charge >= 0.3 is 0 Å². The number of ether oxygens (including phenoxy) is 2. The van der Waals surface area contributed by atoms with Crippen LogP contribution in [0.2, 0.25) is 0 Å². The minimum Gasteiger partial charge on any atom is -0.493 e. The van der Waals surface area contributed by atoms with Crippen LogP contribution in [0.5, 0.6) is 11.5 Å². The van der Waals surface area contributed by atoms with Crippen molar-refractivity contribution in [2.24, 2.45) is 5.92 Å². The maximum absolute atomic E-state index is 5.56. The number of nitrogens with one attached hydrogen (secondary N) is 1. The summed E-state index contributed by atoms with van der Waals surface area (Å²) in [5, 5.41) is 3.68. The Labute approximate surface area is 129 Å². The topological polar surface area (TPSA) is 30.5 Å². The molecular formula is C18H29NO2. The molecule has 118 valence electrons. The molecule has 1 aromatic carbocycles. The normalized spacial score (nSPS) is 17.5. The van der Waals surface area contributed by atoms with Crippen molar-refractivity contribution >= 4 is 0 Å². The average Bonchev–Trinajstić information content (AvgIpc) is 2.54. The van der Waals surface area contributed by atoms with Gasteiger partial charge in [0.15, 0.2) is 11.5 Å². The molecule has 0 heterocycles.